The van der Waals surface area contributed by atoms with Crippen LogP contribution in [0.4, 0.5) is 0 Å². The van der Waals surface area contributed by atoms with Gasteiger partial charge in [-0.3, -0.25) is 4.79 Å². The van der Waals surface area contributed by atoms with Gasteiger partial charge in [0.1, 0.15) is 5.52 Å². The molecule has 1 N–H and O–H groups in total. The Hall–Kier alpha value is -1.56. The Bertz CT molecular complexity index is 620. The SMILES string of the molecule is CCC(CC)n1c(SCC(=O)O)nc2c(C)ccnc21. The Labute approximate surface area is 122 Å². The smallest absolute Gasteiger partial charge is 0.313 e. The minimum atomic E-state index is -0.831. The number of carboxylic acids is 1. The van der Waals surface area contributed by atoms with E-state index in [4.69, 9.17) is 5.11 Å². The van der Waals surface area contributed by atoms with E-state index in [1.54, 1.807) is 6.20 Å². The first-order valence-electron chi connectivity index (χ1n) is 6.76. The molecule has 20 heavy (non-hydrogen) atoms. The van der Waals surface area contributed by atoms with Gasteiger partial charge in [-0.1, -0.05) is 25.6 Å². The minimum Gasteiger partial charge on any atom is -0.481 e. The molecular formula is C14H19N3O2S. The number of rotatable bonds is 6. The average Bonchev–Trinajstić information content (AvgIpc) is 2.79. The van der Waals surface area contributed by atoms with Gasteiger partial charge < -0.3 is 9.67 Å². The van der Waals surface area contributed by atoms with Crippen LogP contribution in [0.15, 0.2) is 17.4 Å². The van der Waals surface area contributed by atoms with E-state index in [-0.39, 0.29) is 5.75 Å². The molecule has 0 aliphatic heterocycles. The maximum Gasteiger partial charge on any atom is 0.313 e. The van der Waals surface area contributed by atoms with Gasteiger partial charge in [0.25, 0.3) is 0 Å². The summed E-state index contributed by atoms with van der Waals surface area (Å²) in [6.07, 6.45) is 3.72. The van der Waals surface area contributed by atoms with Gasteiger partial charge in [0.15, 0.2) is 10.8 Å². The standard InChI is InChI=1S/C14H19N3O2S/c1-4-10(5-2)17-13-12(9(3)6-7-15-13)16-14(17)20-8-11(18)19/h6-7,10H,4-5,8H2,1-3H3,(H,18,19). The fourth-order valence-electron chi connectivity index (χ4n) is 2.30. The lowest BCUT2D eigenvalue weighted by molar-refractivity contribution is -0.133. The van der Waals surface area contributed by atoms with Crippen molar-refractivity contribution in [2.24, 2.45) is 0 Å². The van der Waals surface area contributed by atoms with Gasteiger partial charge in [-0.15, -0.1) is 0 Å². The summed E-state index contributed by atoms with van der Waals surface area (Å²) in [6.45, 7) is 6.25. The van der Waals surface area contributed by atoms with Crippen LogP contribution in [-0.4, -0.2) is 31.4 Å². The molecule has 0 fully saturated rings. The van der Waals surface area contributed by atoms with E-state index in [0.717, 1.165) is 34.7 Å². The molecule has 108 valence electrons. The number of aliphatic carboxylic acids is 1. The number of aryl methyl sites for hydroxylation is 1. The van der Waals surface area contributed by atoms with Crippen molar-refractivity contribution in [1.29, 1.82) is 0 Å². The number of hydrogen-bond acceptors (Lipinski definition) is 4. The van der Waals surface area contributed by atoms with Gasteiger partial charge >= 0.3 is 5.97 Å². The van der Waals surface area contributed by atoms with Crippen molar-refractivity contribution >= 4 is 28.9 Å². The zero-order valence-electron chi connectivity index (χ0n) is 12.0. The highest BCUT2D eigenvalue weighted by atomic mass is 32.2. The molecular weight excluding hydrogens is 274 g/mol. The molecule has 0 saturated carbocycles. The molecule has 0 spiro atoms. The Balaban J connectivity index is 2.56. The lowest BCUT2D eigenvalue weighted by Gasteiger charge is -2.17. The normalized spacial score (nSPS) is 11.4. The monoisotopic (exact) mass is 293 g/mol. The van der Waals surface area contributed by atoms with E-state index in [0.29, 0.717) is 6.04 Å². The molecule has 2 aromatic heterocycles. The van der Waals surface area contributed by atoms with Crippen LogP contribution >= 0.6 is 11.8 Å². The molecule has 0 saturated heterocycles. The van der Waals surface area contributed by atoms with Gasteiger partial charge in [0.05, 0.1) is 5.75 Å². The number of nitrogens with zero attached hydrogens (tertiary/aromatic N) is 3. The van der Waals surface area contributed by atoms with Crippen molar-refractivity contribution in [3.63, 3.8) is 0 Å². The van der Waals surface area contributed by atoms with Crippen molar-refractivity contribution in [2.45, 2.75) is 44.8 Å². The van der Waals surface area contributed by atoms with Crippen molar-refractivity contribution < 1.29 is 9.90 Å². The van der Waals surface area contributed by atoms with E-state index >= 15 is 0 Å². The zero-order valence-corrected chi connectivity index (χ0v) is 12.8. The van der Waals surface area contributed by atoms with Crippen LogP contribution in [-0.2, 0) is 4.79 Å². The van der Waals surface area contributed by atoms with Crippen LogP contribution < -0.4 is 0 Å². The Kier molecular flexibility index (Phi) is 4.65. The maximum atomic E-state index is 10.8. The molecule has 0 unspecified atom stereocenters. The summed E-state index contributed by atoms with van der Waals surface area (Å²) < 4.78 is 2.09. The molecule has 0 aliphatic carbocycles. The second kappa shape index (κ2) is 6.26. The number of pyridine rings is 1. The van der Waals surface area contributed by atoms with E-state index < -0.39 is 5.97 Å². The van der Waals surface area contributed by atoms with Crippen molar-refractivity contribution in [3.8, 4) is 0 Å². The van der Waals surface area contributed by atoms with Gasteiger partial charge in [-0.05, 0) is 31.4 Å². The summed E-state index contributed by atoms with van der Waals surface area (Å²) in [6, 6.07) is 2.23. The fourth-order valence-corrected chi connectivity index (χ4v) is 3.08. The number of carboxylic acid groups (broad SMARTS) is 1. The minimum absolute atomic E-state index is 0.0164. The molecule has 6 heteroatoms. The lowest BCUT2D eigenvalue weighted by Crippen LogP contribution is -2.10. The number of aromatic nitrogens is 3. The lowest BCUT2D eigenvalue weighted by atomic mass is 10.1. The highest BCUT2D eigenvalue weighted by Crippen LogP contribution is 2.30. The number of carbonyl (C=O) groups is 1. The van der Waals surface area contributed by atoms with Gasteiger partial charge in [-0.2, -0.15) is 0 Å². The van der Waals surface area contributed by atoms with Gasteiger partial charge in [0.2, 0.25) is 0 Å². The zero-order chi connectivity index (χ0) is 14.7. The molecule has 0 bridgehead atoms. The number of imidazole rings is 1. The van der Waals surface area contributed by atoms with E-state index in [1.165, 1.54) is 11.8 Å². The van der Waals surface area contributed by atoms with E-state index in [9.17, 15) is 4.79 Å². The fraction of sp³-hybridized carbons (Fsp3) is 0.500. The molecule has 0 atom stereocenters. The molecule has 5 nitrogen and oxygen atoms in total. The summed E-state index contributed by atoms with van der Waals surface area (Å²) in [4.78, 5) is 19.8. The van der Waals surface area contributed by atoms with Gasteiger partial charge in [0, 0.05) is 12.2 Å². The van der Waals surface area contributed by atoms with Crippen LogP contribution in [0.1, 0.15) is 38.3 Å². The Morgan fingerprint density at radius 1 is 1.45 bits per heavy atom. The third-order valence-electron chi connectivity index (χ3n) is 3.38. The molecule has 0 aliphatic rings. The van der Waals surface area contributed by atoms with E-state index in [1.807, 2.05) is 13.0 Å². The van der Waals surface area contributed by atoms with Crippen LogP contribution in [0.5, 0.6) is 0 Å². The highest BCUT2D eigenvalue weighted by Gasteiger charge is 2.19. The first kappa shape index (κ1) is 14.8. The number of hydrogen-bond donors (Lipinski definition) is 1. The van der Waals surface area contributed by atoms with Crippen LogP contribution in [0.25, 0.3) is 11.2 Å². The first-order chi connectivity index (χ1) is 9.58. The van der Waals surface area contributed by atoms with Crippen molar-refractivity contribution in [1.82, 2.24) is 14.5 Å². The number of thioether (sulfide) groups is 1. The predicted molar refractivity (Wildman–Crippen MR) is 80.2 cm³/mol. The van der Waals surface area contributed by atoms with Gasteiger partial charge in [-0.25, -0.2) is 9.97 Å². The summed E-state index contributed by atoms with van der Waals surface area (Å²) >= 11 is 1.26. The summed E-state index contributed by atoms with van der Waals surface area (Å²) in [5, 5.41) is 9.62. The molecule has 0 aromatic carbocycles. The van der Waals surface area contributed by atoms with Crippen molar-refractivity contribution in [3.05, 3.63) is 17.8 Å². The second-order valence-corrected chi connectivity index (χ2v) is 5.66. The molecule has 0 radical (unpaired) electrons. The largest absolute Gasteiger partial charge is 0.481 e. The van der Waals surface area contributed by atoms with Crippen molar-refractivity contribution in [2.75, 3.05) is 5.75 Å². The summed E-state index contributed by atoms with van der Waals surface area (Å²) in [7, 11) is 0. The quantitative estimate of drug-likeness (QED) is 0.828. The highest BCUT2D eigenvalue weighted by molar-refractivity contribution is 7.99. The van der Waals surface area contributed by atoms with Crippen LogP contribution in [0.3, 0.4) is 0 Å². The Morgan fingerprint density at radius 3 is 2.75 bits per heavy atom. The average molecular weight is 293 g/mol. The third-order valence-corrected chi connectivity index (χ3v) is 4.32. The molecule has 2 rings (SSSR count). The van der Waals surface area contributed by atoms with Crippen LogP contribution in [0, 0.1) is 6.92 Å². The predicted octanol–water partition coefficient (Wildman–Crippen LogP) is 3.28. The number of fused-ring (bicyclic) bond motifs is 1. The molecule has 2 aromatic rings. The molecule has 0 amide bonds. The van der Waals surface area contributed by atoms with E-state index in [2.05, 4.69) is 28.4 Å². The maximum absolute atomic E-state index is 10.8. The molecule has 2 heterocycles. The summed E-state index contributed by atoms with van der Waals surface area (Å²) in [5.41, 5.74) is 2.79. The summed E-state index contributed by atoms with van der Waals surface area (Å²) in [5.74, 6) is -0.814. The van der Waals surface area contributed by atoms with Crippen LogP contribution in [0.2, 0.25) is 0 Å². The first-order valence-corrected chi connectivity index (χ1v) is 7.75. The topological polar surface area (TPSA) is 68.0 Å². The third kappa shape index (κ3) is 2.80. The second-order valence-electron chi connectivity index (χ2n) is 4.72. The Morgan fingerprint density at radius 2 is 2.15 bits per heavy atom.